The van der Waals surface area contributed by atoms with E-state index in [0.29, 0.717) is 5.56 Å². The van der Waals surface area contributed by atoms with Gasteiger partial charge < -0.3 is 0 Å². The molecular formula is C39H26N2. The molecule has 1 heterocycles. The minimum absolute atomic E-state index is 0.185. The monoisotopic (exact) mass is 527 g/mol. The van der Waals surface area contributed by atoms with Gasteiger partial charge in [-0.2, -0.15) is 0 Å². The van der Waals surface area contributed by atoms with Crippen LogP contribution in [-0.2, 0) is 0 Å². The molecule has 0 radical (unpaired) electrons. The zero-order valence-corrected chi connectivity index (χ0v) is 22.0. The molecule has 0 aliphatic heterocycles. The number of para-hydroxylation sites is 3. The normalized spacial score (nSPS) is 13.1. The van der Waals surface area contributed by atoms with Crippen LogP contribution in [0.25, 0.3) is 71.9 Å². The minimum Gasteiger partial charge on any atom is -0.292 e. The van der Waals surface area contributed by atoms with Gasteiger partial charge in [-0.05, 0) is 68.1 Å². The summed E-state index contributed by atoms with van der Waals surface area (Å²) in [6, 6.07) is 40.9. The Kier molecular flexibility index (Phi) is 4.40. The van der Waals surface area contributed by atoms with Gasteiger partial charge >= 0.3 is 0 Å². The second kappa shape index (κ2) is 9.62. The Bertz CT molecular complexity index is 2400. The Morgan fingerprint density at radius 3 is 1.71 bits per heavy atom. The van der Waals surface area contributed by atoms with Crippen LogP contribution in [0.4, 0.5) is 0 Å². The lowest BCUT2D eigenvalue weighted by atomic mass is 9.85. The topological polar surface area (TPSA) is 17.8 Å². The van der Waals surface area contributed by atoms with Crippen LogP contribution in [-0.4, -0.2) is 9.55 Å². The SMILES string of the molecule is [2H]c1c([2H])c([2H])c(-c2ccccc2-c2c3ccccc3c(-c3nc4ccccc4n3-c3ccccc3)c3ccccc23)c([2H])c1[2H]. The molecule has 0 atom stereocenters. The van der Waals surface area contributed by atoms with Gasteiger partial charge in [0.15, 0.2) is 0 Å². The molecule has 0 spiro atoms. The molecule has 41 heavy (non-hydrogen) atoms. The minimum atomic E-state index is -0.405. The van der Waals surface area contributed by atoms with Crippen LogP contribution in [0.5, 0.6) is 0 Å². The summed E-state index contributed by atoms with van der Waals surface area (Å²) in [5.41, 5.74) is 6.39. The Balaban J connectivity index is 1.52. The van der Waals surface area contributed by atoms with Gasteiger partial charge in [0, 0.05) is 11.3 Å². The highest BCUT2D eigenvalue weighted by Crippen LogP contribution is 2.46. The number of hydrogen-bond acceptors (Lipinski definition) is 1. The number of aromatic nitrogens is 2. The molecule has 0 saturated carbocycles. The Labute approximate surface area is 245 Å². The van der Waals surface area contributed by atoms with Crippen molar-refractivity contribution < 1.29 is 6.85 Å². The maximum absolute atomic E-state index is 8.78. The largest absolute Gasteiger partial charge is 0.292 e. The third-order valence-corrected chi connectivity index (χ3v) is 7.70. The van der Waals surface area contributed by atoms with E-state index in [1.807, 2.05) is 84.9 Å². The highest BCUT2D eigenvalue weighted by Gasteiger charge is 2.22. The van der Waals surface area contributed by atoms with Crippen LogP contribution in [0.1, 0.15) is 6.85 Å². The first-order chi connectivity index (χ1) is 22.5. The van der Waals surface area contributed by atoms with E-state index in [2.05, 4.69) is 47.0 Å². The maximum atomic E-state index is 8.78. The van der Waals surface area contributed by atoms with Crippen LogP contribution < -0.4 is 0 Å². The molecule has 2 heteroatoms. The van der Waals surface area contributed by atoms with Gasteiger partial charge in [0.1, 0.15) is 5.82 Å². The summed E-state index contributed by atoms with van der Waals surface area (Å²) in [5, 5.41) is 3.95. The average Bonchev–Trinajstić information content (AvgIpc) is 3.48. The zero-order chi connectivity index (χ0) is 31.5. The van der Waals surface area contributed by atoms with Crippen molar-refractivity contribution >= 4 is 32.6 Å². The van der Waals surface area contributed by atoms with Crippen molar-refractivity contribution in [1.29, 1.82) is 0 Å². The number of hydrogen-bond donors (Lipinski definition) is 0. The lowest BCUT2D eigenvalue weighted by molar-refractivity contribution is 1.11. The van der Waals surface area contributed by atoms with Gasteiger partial charge in [0.05, 0.1) is 17.9 Å². The maximum Gasteiger partial charge on any atom is 0.146 e. The van der Waals surface area contributed by atoms with Gasteiger partial charge in [-0.15, -0.1) is 0 Å². The van der Waals surface area contributed by atoms with E-state index in [0.717, 1.165) is 60.8 Å². The highest BCUT2D eigenvalue weighted by molar-refractivity contribution is 6.22. The van der Waals surface area contributed by atoms with Crippen molar-refractivity contribution in [3.63, 3.8) is 0 Å². The summed E-state index contributed by atoms with van der Waals surface area (Å²) >= 11 is 0. The molecule has 8 rings (SSSR count). The molecule has 0 aliphatic carbocycles. The second-order valence-electron chi connectivity index (χ2n) is 9.98. The number of nitrogens with zero attached hydrogens (tertiary/aromatic N) is 2. The zero-order valence-electron chi connectivity index (χ0n) is 27.0. The average molecular weight is 528 g/mol. The van der Waals surface area contributed by atoms with E-state index in [1.54, 1.807) is 0 Å². The van der Waals surface area contributed by atoms with Gasteiger partial charge in [-0.25, -0.2) is 4.98 Å². The third-order valence-electron chi connectivity index (χ3n) is 7.70. The number of rotatable bonds is 4. The first kappa shape index (κ1) is 18.8. The van der Waals surface area contributed by atoms with Gasteiger partial charge in [-0.3, -0.25) is 4.57 Å². The lowest BCUT2D eigenvalue weighted by Gasteiger charge is -2.20. The summed E-state index contributed by atoms with van der Waals surface area (Å²) < 4.78 is 44.7. The van der Waals surface area contributed by atoms with Crippen molar-refractivity contribution in [1.82, 2.24) is 9.55 Å². The summed E-state index contributed by atoms with van der Waals surface area (Å²) in [5.74, 6) is 0.824. The quantitative estimate of drug-likeness (QED) is 0.208. The van der Waals surface area contributed by atoms with Crippen LogP contribution in [0.2, 0.25) is 0 Å². The number of fused-ring (bicyclic) bond motifs is 3. The first-order valence-electron chi connectivity index (χ1n) is 16.1. The molecule has 7 aromatic carbocycles. The summed E-state index contributed by atoms with van der Waals surface area (Å²) in [4.78, 5) is 5.23. The Hall–Kier alpha value is -5.47. The number of imidazole rings is 1. The van der Waals surface area contributed by atoms with Crippen molar-refractivity contribution in [2.24, 2.45) is 0 Å². The summed E-state index contributed by atoms with van der Waals surface area (Å²) in [7, 11) is 0. The second-order valence-corrected chi connectivity index (χ2v) is 9.98. The molecule has 0 aliphatic rings. The fourth-order valence-corrected chi connectivity index (χ4v) is 6.00. The fraction of sp³-hybridized carbons (Fsp3) is 0. The van der Waals surface area contributed by atoms with Crippen molar-refractivity contribution in [3.8, 4) is 39.3 Å². The predicted octanol–water partition coefficient (Wildman–Crippen LogP) is 10.3. The van der Waals surface area contributed by atoms with E-state index < -0.39 is 6.04 Å². The predicted molar refractivity (Wildman–Crippen MR) is 172 cm³/mol. The molecule has 0 N–H and O–H groups in total. The van der Waals surface area contributed by atoms with Crippen LogP contribution >= 0.6 is 0 Å². The molecule has 0 bridgehead atoms. The Morgan fingerprint density at radius 2 is 1.02 bits per heavy atom. The molecule has 1 aromatic heterocycles. The smallest absolute Gasteiger partial charge is 0.146 e. The molecule has 2 nitrogen and oxygen atoms in total. The molecule has 0 fully saturated rings. The van der Waals surface area contributed by atoms with Crippen LogP contribution in [0.3, 0.4) is 0 Å². The molecular weight excluding hydrogens is 496 g/mol. The molecule has 8 aromatic rings. The summed E-state index contributed by atoms with van der Waals surface area (Å²) in [6.45, 7) is 0. The van der Waals surface area contributed by atoms with E-state index >= 15 is 0 Å². The number of benzene rings is 7. The highest BCUT2D eigenvalue weighted by atomic mass is 15.1. The van der Waals surface area contributed by atoms with E-state index in [9.17, 15) is 0 Å². The van der Waals surface area contributed by atoms with E-state index in [4.69, 9.17) is 11.8 Å². The van der Waals surface area contributed by atoms with E-state index in [-0.39, 0.29) is 29.7 Å². The summed E-state index contributed by atoms with van der Waals surface area (Å²) in [6.07, 6.45) is 0. The van der Waals surface area contributed by atoms with Gasteiger partial charge in [0.25, 0.3) is 0 Å². The van der Waals surface area contributed by atoms with Crippen LogP contribution in [0, 0.1) is 0 Å². The Morgan fingerprint density at radius 1 is 0.488 bits per heavy atom. The van der Waals surface area contributed by atoms with Crippen molar-refractivity contribution in [3.05, 3.63) is 158 Å². The van der Waals surface area contributed by atoms with Gasteiger partial charge in [0.2, 0.25) is 0 Å². The fourth-order valence-electron chi connectivity index (χ4n) is 6.00. The van der Waals surface area contributed by atoms with E-state index in [1.165, 1.54) is 0 Å². The molecule has 0 saturated heterocycles. The third kappa shape index (κ3) is 3.76. The lowest BCUT2D eigenvalue weighted by Crippen LogP contribution is -1.99. The first-order valence-corrected chi connectivity index (χ1v) is 13.6. The van der Waals surface area contributed by atoms with Crippen molar-refractivity contribution in [2.45, 2.75) is 0 Å². The molecule has 0 unspecified atom stereocenters. The van der Waals surface area contributed by atoms with Crippen LogP contribution in [0.15, 0.2) is 158 Å². The van der Waals surface area contributed by atoms with Gasteiger partial charge in [-0.1, -0.05) is 133 Å². The molecule has 0 amide bonds. The standard InChI is InChI=1S/C39H26N2/c1-3-15-27(16-4-1)29-19-7-8-20-30(29)37-31-21-9-11-23-33(31)38(34-24-12-10-22-32(34)37)39-40-35-25-13-14-26-36(35)41(39)28-17-5-2-6-18-28/h1-26H/i1D,3D,4D,15D,16D. The van der Waals surface area contributed by atoms with Crippen molar-refractivity contribution in [2.75, 3.05) is 0 Å². The molecule has 192 valence electrons.